The number of nitrogens with one attached hydrogen (secondary N) is 1. The van der Waals surface area contributed by atoms with Crippen molar-refractivity contribution in [2.75, 3.05) is 37.7 Å². The Morgan fingerprint density at radius 2 is 1.95 bits per heavy atom. The number of piperidine rings is 1. The van der Waals surface area contributed by atoms with Crippen molar-refractivity contribution in [3.05, 3.63) is 35.9 Å². The van der Waals surface area contributed by atoms with E-state index in [-0.39, 0.29) is 0 Å². The van der Waals surface area contributed by atoms with Gasteiger partial charge in [-0.2, -0.15) is 0 Å². The molecule has 0 bridgehead atoms. The minimum atomic E-state index is -0.635. The second-order valence-electron chi connectivity index (χ2n) is 5.74. The van der Waals surface area contributed by atoms with Crippen LogP contribution in [0.25, 0.3) is 0 Å². The van der Waals surface area contributed by atoms with Gasteiger partial charge in [0.05, 0.1) is 0 Å². The summed E-state index contributed by atoms with van der Waals surface area (Å²) in [6, 6.07) is 11.3. The Hall–Kier alpha value is -0.710. The normalized spacial score (nSPS) is 18.7. The highest BCUT2D eigenvalue weighted by Gasteiger charge is 2.18. The lowest BCUT2D eigenvalue weighted by Crippen LogP contribution is -2.44. The van der Waals surface area contributed by atoms with Gasteiger partial charge in [-0.25, -0.2) is 0 Å². The monoisotopic (exact) mass is 308 g/mol. The van der Waals surface area contributed by atoms with Crippen LogP contribution >= 0.6 is 0 Å². The zero-order valence-electron chi connectivity index (χ0n) is 13.1. The van der Waals surface area contributed by atoms with Gasteiger partial charge in [-0.05, 0) is 37.9 Å². The van der Waals surface area contributed by atoms with Gasteiger partial charge in [-0.3, -0.25) is 4.21 Å². The van der Waals surface area contributed by atoms with Gasteiger partial charge in [0.1, 0.15) is 0 Å². The van der Waals surface area contributed by atoms with Crippen LogP contribution in [-0.2, 0) is 17.2 Å². The van der Waals surface area contributed by atoms with Crippen LogP contribution in [-0.4, -0.2) is 52.8 Å². The van der Waals surface area contributed by atoms with Crippen LogP contribution < -0.4 is 5.32 Å². The predicted octanol–water partition coefficient (Wildman–Crippen LogP) is 2.05. The molecule has 0 spiro atoms. The maximum Gasteiger partial charge on any atom is 0.0360 e. The maximum absolute atomic E-state index is 11.4. The van der Waals surface area contributed by atoms with Crippen LogP contribution in [0.3, 0.4) is 0 Å². The second-order valence-corrected chi connectivity index (χ2v) is 7.60. The standard InChI is InChI=1S/C17H28N2OS/c1-2-21(20)15-11-18-17-9-13-19(14-10-17)12-8-16-6-4-3-5-7-16/h3-7,17-18H,2,8-15H2,1H3. The Bertz CT molecular complexity index is 416. The van der Waals surface area contributed by atoms with Crippen molar-refractivity contribution in [1.82, 2.24) is 10.2 Å². The fourth-order valence-corrected chi connectivity index (χ4v) is 3.45. The van der Waals surface area contributed by atoms with Crippen LogP contribution in [0, 0.1) is 0 Å². The Labute approximate surface area is 131 Å². The van der Waals surface area contributed by atoms with E-state index in [1.807, 2.05) is 6.92 Å². The van der Waals surface area contributed by atoms with E-state index in [0.717, 1.165) is 31.0 Å². The Morgan fingerprint density at radius 3 is 2.62 bits per heavy atom. The van der Waals surface area contributed by atoms with Crippen molar-refractivity contribution in [3.8, 4) is 0 Å². The van der Waals surface area contributed by atoms with E-state index < -0.39 is 10.8 Å². The minimum absolute atomic E-state index is 0.617. The van der Waals surface area contributed by atoms with Gasteiger partial charge in [0, 0.05) is 41.4 Å². The zero-order chi connectivity index (χ0) is 14.9. The van der Waals surface area contributed by atoms with Gasteiger partial charge in [0.15, 0.2) is 0 Å². The van der Waals surface area contributed by atoms with Gasteiger partial charge in [0.25, 0.3) is 0 Å². The summed E-state index contributed by atoms with van der Waals surface area (Å²) in [6.07, 6.45) is 3.58. The fraction of sp³-hybridized carbons (Fsp3) is 0.647. The lowest BCUT2D eigenvalue weighted by Gasteiger charge is -2.32. The zero-order valence-corrected chi connectivity index (χ0v) is 13.9. The van der Waals surface area contributed by atoms with Crippen LogP contribution in [0.15, 0.2) is 30.3 Å². The molecular weight excluding hydrogens is 280 g/mol. The molecule has 1 saturated heterocycles. The SMILES string of the molecule is CCS(=O)CCNC1CCN(CCc2ccccc2)CC1. The maximum atomic E-state index is 11.4. The number of rotatable bonds is 8. The molecule has 0 aliphatic carbocycles. The molecule has 1 unspecified atom stereocenters. The molecule has 1 aliphatic rings. The van der Waals surface area contributed by atoms with Crippen LogP contribution in [0.4, 0.5) is 0 Å². The molecule has 1 N–H and O–H groups in total. The summed E-state index contributed by atoms with van der Waals surface area (Å²) in [5.41, 5.74) is 1.43. The van der Waals surface area contributed by atoms with Crippen LogP contribution in [0.5, 0.6) is 0 Å². The second kappa shape index (κ2) is 9.34. The number of hydrogen-bond donors (Lipinski definition) is 1. The van der Waals surface area contributed by atoms with Crippen molar-refractivity contribution in [2.45, 2.75) is 32.2 Å². The molecule has 1 aromatic carbocycles. The predicted molar refractivity (Wildman–Crippen MR) is 91.2 cm³/mol. The first kappa shape index (κ1) is 16.7. The van der Waals surface area contributed by atoms with E-state index in [1.54, 1.807) is 0 Å². The summed E-state index contributed by atoms with van der Waals surface area (Å²) in [4.78, 5) is 2.56. The summed E-state index contributed by atoms with van der Waals surface area (Å²) in [5.74, 6) is 1.57. The van der Waals surface area contributed by atoms with Gasteiger partial charge in [0.2, 0.25) is 0 Å². The molecule has 1 heterocycles. The van der Waals surface area contributed by atoms with E-state index in [2.05, 4.69) is 40.5 Å². The number of nitrogens with zero attached hydrogens (tertiary/aromatic N) is 1. The van der Waals surface area contributed by atoms with E-state index in [9.17, 15) is 4.21 Å². The highest BCUT2D eigenvalue weighted by Crippen LogP contribution is 2.11. The summed E-state index contributed by atoms with van der Waals surface area (Å²) in [6.45, 7) is 6.41. The van der Waals surface area contributed by atoms with E-state index in [1.165, 1.54) is 31.5 Å². The Kier molecular flexibility index (Phi) is 7.41. The van der Waals surface area contributed by atoms with E-state index in [4.69, 9.17) is 0 Å². The van der Waals surface area contributed by atoms with Crippen LogP contribution in [0.2, 0.25) is 0 Å². The molecule has 21 heavy (non-hydrogen) atoms. The van der Waals surface area contributed by atoms with Gasteiger partial charge >= 0.3 is 0 Å². The number of likely N-dealkylation sites (tertiary alicyclic amines) is 1. The smallest absolute Gasteiger partial charge is 0.0360 e. The summed E-state index contributed by atoms with van der Waals surface area (Å²) in [7, 11) is -0.635. The highest BCUT2D eigenvalue weighted by atomic mass is 32.2. The Morgan fingerprint density at radius 1 is 1.24 bits per heavy atom. The lowest BCUT2D eigenvalue weighted by molar-refractivity contribution is 0.201. The van der Waals surface area contributed by atoms with E-state index in [0.29, 0.717) is 6.04 Å². The van der Waals surface area contributed by atoms with Crippen molar-refractivity contribution in [1.29, 1.82) is 0 Å². The van der Waals surface area contributed by atoms with Crippen molar-refractivity contribution in [3.63, 3.8) is 0 Å². The molecule has 0 radical (unpaired) electrons. The molecular formula is C17H28N2OS. The largest absolute Gasteiger partial charge is 0.313 e. The molecule has 1 atom stereocenters. The van der Waals surface area contributed by atoms with Gasteiger partial charge in [-0.15, -0.1) is 0 Å². The minimum Gasteiger partial charge on any atom is -0.313 e. The van der Waals surface area contributed by atoms with Crippen molar-refractivity contribution < 1.29 is 4.21 Å². The molecule has 0 aromatic heterocycles. The first-order valence-corrected chi connectivity index (χ1v) is 9.61. The van der Waals surface area contributed by atoms with Crippen LogP contribution in [0.1, 0.15) is 25.3 Å². The fourth-order valence-electron chi connectivity index (χ4n) is 2.81. The lowest BCUT2D eigenvalue weighted by atomic mass is 10.0. The third-order valence-corrected chi connectivity index (χ3v) is 5.54. The molecule has 3 nitrogen and oxygen atoms in total. The topological polar surface area (TPSA) is 32.3 Å². The molecule has 1 aromatic rings. The quantitative estimate of drug-likeness (QED) is 0.798. The summed E-state index contributed by atoms with van der Waals surface area (Å²) >= 11 is 0. The van der Waals surface area contributed by atoms with E-state index >= 15 is 0 Å². The Balaban J connectivity index is 1.59. The molecule has 1 fully saturated rings. The van der Waals surface area contributed by atoms with Crippen molar-refractivity contribution >= 4 is 10.8 Å². The number of benzene rings is 1. The molecule has 118 valence electrons. The first-order chi connectivity index (χ1) is 10.3. The molecule has 1 aliphatic heterocycles. The third kappa shape index (κ3) is 6.29. The molecule has 0 amide bonds. The molecule has 0 saturated carbocycles. The first-order valence-electron chi connectivity index (χ1n) is 8.12. The highest BCUT2D eigenvalue weighted by molar-refractivity contribution is 7.84. The third-order valence-electron chi connectivity index (χ3n) is 4.23. The average Bonchev–Trinajstić information content (AvgIpc) is 2.55. The molecule has 2 rings (SSSR count). The van der Waals surface area contributed by atoms with Gasteiger partial charge < -0.3 is 10.2 Å². The number of hydrogen-bond acceptors (Lipinski definition) is 3. The summed E-state index contributed by atoms with van der Waals surface area (Å²) < 4.78 is 11.4. The molecule has 4 heteroatoms. The summed E-state index contributed by atoms with van der Waals surface area (Å²) in [5, 5.41) is 3.56. The van der Waals surface area contributed by atoms with Gasteiger partial charge in [-0.1, -0.05) is 37.3 Å². The van der Waals surface area contributed by atoms with Crippen molar-refractivity contribution in [2.24, 2.45) is 0 Å². The average molecular weight is 308 g/mol.